The number of carbonyl (C=O) groups is 1. The first-order valence-corrected chi connectivity index (χ1v) is 14.1. The maximum atomic E-state index is 11.4. The van der Waals surface area contributed by atoms with Gasteiger partial charge in [0, 0.05) is 5.56 Å². The van der Waals surface area contributed by atoms with Gasteiger partial charge in [-0.3, -0.25) is 18.4 Å². The molecule has 0 saturated carbocycles. The predicted molar refractivity (Wildman–Crippen MR) is 115 cm³/mol. The van der Waals surface area contributed by atoms with E-state index in [2.05, 4.69) is 19.7 Å². The van der Waals surface area contributed by atoms with Crippen molar-refractivity contribution >= 4 is 40.8 Å². The Balaban J connectivity index is 2.59. The lowest BCUT2D eigenvalue weighted by molar-refractivity contribution is 0.111. The normalized spacial score (nSPS) is 12.9. The molecule has 0 amide bonds. The Kier molecular flexibility index (Phi) is 8.78. The van der Waals surface area contributed by atoms with Gasteiger partial charge in [-0.05, 0) is 30.2 Å². The fraction of sp³-hybridized carbons (Fsp3) is 0.250. The molecule has 0 saturated heterocycles. The smallest absolute Gasteiger partial charge is 0.469 e. The third kappa shape index (κ3) is 8.90. The minimum atomic E-state index is -4.98. The van der Waals surface area contributed by atoms with Crippen LogP contribution < -0.4 is 0 Å². The van der Waals surface area contributed by atoms with E-state index in [1.54, 1.807) is 0 Å². The molecule has 0 aliphatic rings. The number of aromatic nitrogens is 1. The number of aromatic hydroxyl groups is 1. The number of rotatable bonds is 10. The van der Waals surface area contributed by atoms with Crippen molar-refractivity contribution in [2.24, 2.45) is 10.2 Å². The highest BCUT2D eigenvalue weighted by molar-refractivity contribution is 7.51. The lowest BCUT2D eigenvalue weighted by Gasteiger charge is -2.12. The predicted octanol–water partition coefficient (Wildman–Crippen LogP) is 2.29. The minimum absolute atomic E-state index is 0.00159. The van der Waals surface area contributed by atoms with Crippen LogP contribution in [0.4, 0.5) is 11.5 Å². The Morgan fingerprint density at radius 1 is 0.941 bits per heavy atom. The second kappa shape index (κ2) is 10.6. The van der Waals surface area contributed by atoms with Gasteiger partial charge in [0.15, 0.2) is 12.1 Å². The van der Waals surface area contributed by atoms with Crippen LogP contribution in [0.15, 0.2) is 28.4 Å². The second-order valence-corrected chi connectivity index (χ2v) is 11.5. The van der Waals surface area contributed by atoms with Crippen molar-refractivity contribution < 1.29 is 57.5 Å². The van der Waals surface area contributed by atoms with Crippen LogP contribution in [-0.2, 0) is 37.1 Å². The van der Waals surface area contributed by atoms with Gasteiger partial charge in [-0.25, -0.2) is 9.55 Å². The fourth-order valence-corrected chi connectivity index (χ4v) is 4.42. The molecule has 18 heteroatoms. The number of phosphoric ester groups is 1. The third-order valence-corrected chi connectivity index (χ3v) is 6.06. The van der Waals surface area contributed by atoms with Crippen molar-refractivity contribution in [1.29, 1.82) is 0 Å². The van der Waals surface area contributed by atoms with Crippen LogP contribution >= 0.6 is 23.0 Å². The minimum Gasteiger partial charge on any atom is -0.505 e. The van der Waals surface area contributed by atoms with E-state index in [9.17, 15) is 43.2 Å². The van der Waals surface area contributed by atoms with E-state index in [1.165, 1.54) is 25.1 Å². The Morgan fingerprint density at radius 3 is 1.91 bits per heavy atom. The van der Waals surface area contributed by atoms with Crippen LogP contribution in [0, 0.1) is 6.92 Å². The molecule has 2 rings (SSSR count). The van der Waals surface area contributed by atoms with Gasteiger partial charge in [0.25, 0.3) is 0 Å². The Hall–Kier alpha value is -2.15. The van der Waals surface area contributed by atoms with E-state index in [0.29, 0.717) is 0 Å². The molecule has 2 aromatic rings. The first kappa shape index (κ1) is 28.1. The van der Waals surface area contributed by atoms with Gasteiger partial charge in [-0.2, -0.15) is 0 Å². The molecule has 1 aromatic carbocycles. The molecule has 186 valence electrons. The summed E-state index contributed by atoms with van der Waals surface area (Å²) in [4.78, 5) is 70.2. The number of pyridine rings is 1. The maximum Gasteiger partial charge on any atom is 0.469 e. The van der Waals surface area contributed by atoms with Crippen LogP contribution in [0.5, 0.6) is 5.75 Å². The van der Waals surface area contributed by atoms with Crippen LogP contribution in [0.3, 0.4) is 0 Å². The van der Waals surface area contributed by atoms with Gasteiger partial charge in [-0.15, -0.1) is 10.2 Å². The molecule has 0 spiro atoms. The van der Waals surface area contributed by atoms with Crippen LogP contribution in [0.25, 0.3) is 0 Å². The third-order valence-electron chi connectivity index (χ3n) is 4.04. The number of aryl methyl sites for hydroxylation is 1. The van der Waals surface area contributed by atoms with Crippen molar-refractivity contribution in [2.45, 2.75) is 25.9 Å². The van der Waals surface area contributed by atoms with Gasteiger partial charge < -0.3 is 34.5 Å². The summed E-state index contributed by atoms with van der Waals surface area (Å²) in [6.07, 6.45) is -1.31. The Labute approximate surface area is 191 Å². The lowest BCUT2D eigenvalue weighted by Crippen LogP contribution is -2.01. The number of carbonyl (C=O) groups excluding carboxylic acids is 1. The zero-order valence-electron chi connectivity index (χ0n) is 17.3. The molecule has 0 atom stereocenters. The summed E-state index contributed by atoms with van der Waals surface area (Å²) in [6, 6.07) is 3.56. The number of azo groups is 1. The van der Waals surface area contributed by atoms with Crippen LogP contribution in [0.1, 0.15) is 32.7 Å². The van der Waals surface area contributed by atoms with Gasteiger partial charge in [0.1, 0.15) is 5.75 Å². The van der Waals surface area contributed by atoms with Crippen molar-refractivity contribution in [3.8, 4) is 5.75 Å². The largest absolute Gasteiger partial charge is 0.505 e. The summed E-state index contributed by atoms with van der Waals surface area (Å²) in [5.74, 6) is -0.950. The fourth-order valence-electron chi connectivity index (χ4n) is 2.80. The molecular weight excluding hydrogens is 519 g/mol. The summed E-state index contributed by atoms with van der Waals surface area (Å²) in [6.45, 7) is 0.434. The van der Waals surface area contributed by atoms with E-state index >= 15 is 0 Å². The van der Waals surface area contributed by atoms with Crippen molar-refractivity contribution in [2.75, 3.05) is 0 Å². The number of nitrogens with zero attached hydrogens (tertiary/aromatic N) is 3. The summed E-state index contributed by atoms with van der Waals surface area (Å²) in [5, 5.41) is 17.6. The summed E-state index contributed by atoms with van der Waals surface area (Å²) < 4.78 is 38.2. The van der Waals surface area contributed by atoms with Crippen molar-refractivity contribution in [1.82, 2.24) is 4.98 Å². The van der Waals surface area contributed by atoms with Crippen molar-refractivity contribution in [3.05, 3.63) is 46.1 Å². The number of phosphoric acid groups is 1. The topological polar surface area (TPSA) is 257 Å². The quantitative estimate of drug-likeness (QED) is 0.130. The molecular formula is C16H20N3O12P3. The van der Waals surface area contributed by atoms with Gasteiger partial charge in [0.05, 0.1) is 35.9 Å². The molecule has 0 radical (unpaired) electrons. The molecule has 34 heavy (non-hydrogen) atoms. The molecule has 0 bridgehead atoms. The molecule has 7 N–H and O–H groups in total. The highest BCUT2D eigenvalue weighted by Gasteiger charge is 2.22. The summed E-state index contributed by atoms with van der Waals surface area (Å²) >= 11 is 0. The molecule has 15 nitrogen and oxygen atoms in total. The maximum absolute atomic E-state index is 11.4. The molecule has 0 aliphatic heterocycles. The number of benzene rings is 1. The highest BCUT2D eigenvalue weighted by Crippen LogP contribution is 2.44. The lowest BCUT2D eigenvalue weighted by atomic mass is 10.1. The molecule has 0 fully saturated rings. The zero-order valence-corrected chi connectivity index (χ0v) is 20.0. The average Bonchev–Trinajstić information content (AvgIpc) is 2.63. The monoisotopic (exact) mass is 539 g/mol. The molecule has 0 aliphatic carbocycles. The first-order chi connectivity index (χ1) is 15.5. The Morgan fingerprint density at radius 2 is 1.47 bits per heavy atom. The molecule has 1 aromatic heterocycles. The van der Waals surface area contributed by atoms with Crippen LogP contribution in [0.2, 0.25) is 0 Å². The SMILES string of the molecule is Cc1nc(N=Nc2cc(CP(=O)(O)O)cc(CP(=O)(O)O)c2)c(COP(=O)(O)O)c(C=O)c1O. The molecule has 0 unspecified atom stereocenters. The number of aldehydes is 1. The average molecular weight is 539 g/mol. The first-order valence-electron chi connectivity index (χ1n) is 8.99. The van der Waals surface area contributed by atoms with E-state index in [0.717, 1.165) is 0 Å². The van der Waals surface area contributed by atoms with E-state index < -0.39 is 53.3 Å². The van der Waals surface area contributed by atoms with Gasteiger partial charge in [-0.1, -0.05) is 6.07 Å². The second-order valence-electron chi connectivity index (χ2n) is 7.00. The van der Waals surface area contributed by atoms with E-state index in [-0.39, 0.29) is 40.2 Å². The van der Waals surface area contributed by atoms with Gasteiger partial charge >= 0.3 is 23.0 Å². The summed E-state index contributed by atoms with van der Waals surface area (Å²) in [5.41, 5.74) is -0.896. The summed E-state index contributed by atoms with van der Waals surface area (Å²) in [7, 11) is -14.1. The van der Waals surface area contributed by atoms with E-state index in [4.69, 9.17) is 9.79 Å². The Bertz CT molecular complexity index is 1220. The standard InChI is InChI=1S/C16H20N3O12P3/c1-9-15(21)13(5-20)14(6-31-34(28,29)30)16(17-9)19-18-12-3-10(7-32(22,23)24)2-11(4-12)8-33(25,26)27/h2-5,21H,6-8H2,1H3,(H2,22,23,24)(H2,25,26,27)(H2,28,29,30). The molecule has 1 heterocycles. The highest BCUT2D eigenvalue weighted by atomic mass is 31.2. The van der Waals surface area contributed by atoms with Gasteiger partial charge in [0.2, 0.25) is 0 Å². The number of hydrogen-bond acceptors (Lipinski definition) is 9. The van der Waals surface area contributed by atoms with E-state index in [1.807, 2.05) is 0 Å². The van der Waals surface area contributed by atoms with Crippen molar-refractivity contribution in [3.63, 3.8) is 0 Å². The number of hydrogen-bond donors (Lipinski definition) is 7. The van der Waals surface area contributed by atoms with Crippen LogP contribution in [-0.4, -0.2) is 45.7 Å². The zero-order chi connectivity index (χ0) is 25.9.